The molecule has 0 aromatic heterocycles. The van der Waals surface area contributed by atoms with E-state index in [0.717, 1.165) is 6.26 Å². The Hall–Kier alpha value is -1.11. The molecule has 0 spiro atoms. The van der Waals surface area contributed by atoms with Crippen molar-refractivity contribution in [2.45, 2.75) is 6.92 Å². The molecule has 7 heteroatoms. The molecule has 0 bridgehead atoms. The van der Waals surface area contributed by atoms with Gasteiger partial charge >= 0.3 is 0 Å². The summed E-state index contributed by atoms with van der Waals surface area (Å²) in [5.41, 5.74) is 0.255. The molecule has 88 valence electrons. The fourth-order valence-electron chi connectivity index (χ4n) is 1.02. The van der Waals surface area contributed by atoms with Crippen molar-refractivity contribution < 1.29 is 17.5 Å². The van der Waals surface area contributed by atoms with Crippen LogP contribution in [0.15, 0.2) is 24.3 Å². The van der Waals surface area contributed by atoms with Crippen molar-refractivity contribution in [3.63, 3.8) is 0 Å². The van der Waals surface area contributed by atoms with Crippen LogP contribution in [0.5, 0.6) is 0 Å². The van der Waals surface area contributed by atoms with Crippen LogP contribution >= 0.6 is 11.6 Å². The zero-order valence-electron chi connectivity index (χ0n) is 8.68. The molecular weight excluding hydrogens is 254 g/mol. The lowest BCUT2D eigenvalue weighted by molar-refractivity contribution is -0.120. The average molecular weight is 264 g/mol. The topological polar surface area (TPSA) is 63.7 Å². The van der Waals surface area contributed by atoms with Crippen molar-refractivity contribution in [3.05, 3.63) is 29.3 Å². The number of nitrogens with zero attached hydrogens (tertiary/aromatic N) is 1. The van der Waals surface area contributed by atoms with Gasteiger partial charge in [-0.2, -0.15) is 13.5 Å². The summed E-state index contributed by atoms with van der Waals surface area (Å²) in [4.78, 5) is 11.2. The van der Waals surface area contributed by atoms with Crippen LogP contribution in [0, 0.1) is 0 Å². The van der Waals surface area contributed by atoms with Crippen molar-refractivity contribution >= 4 is 33.3 Å². The second-order valence-corrected chi connectivity index (χ2v) is 5.07. The molecule has 0 atom stereocenters. The molecule has 1 aromatic rings. The molecule has 0 saturated heterocycles. The summed E-state index contributed by atoms with van der Waals surface area (Å²) in [7, 11) is -3.77. The summed E-state index contributed by atoms with van der Waals surface area (Å²) in [5, 5.41) is 1.04. The minimum atomic E-state index is -3.77. The van der Waals surface area contributed by atoms with Gasteiger partial charge in [0, 0.05) is 11.9 Å². The van der Waals surface area contributed by atoms with Crippen LogP contribution < -0.4 is 5.06 Å². The maximum atomic E-state index is 11.2. The van der Waals surface area contributed by atoms with E-state index in [1.807, 2.05) is 0 Å². The lowest BCUT2D eigenvalue weighted by Gasteiger charge is -2.18. The molecule has 0 radical (unpaired) electrons. The highest BCUT2D eigenvalue weighted by Crippen LogP contribution is 2.20. The Bertz CT molecular complexity index is 500. The largest absolute Gasteiger partial charge is 0.285 e. The molecule has 0 aliphatic carbocycles. The van der Waals surface area contributed by atoms with Gasteiger partial charge in [0.25, 0.3) is 10.1 Å². The van der Waals surface area contributed by atoms with Gasteiger partial charge in [-0.3, -0.25) is 4.79 Å². The Balaban J connectivity index is 3.08. The summed E-state index contributed by atoms with van der Waals surface area (Å²) in [6, 6.07) is 6.12. The second-order valence-electron chi connectivity index (χ2n) is 3.07. The fourth-order valence-corrected chi connectivity index (χ4v) is 1.66. The standard InChI is InChI=1S/C9H10ClNO4S/c1-7(12)11(15-16(2,13)14)9-5-3-4-8(10)6-9/h3-6H,1-2H3. The van der Waals surface area contributed by atoms with E-state index in [4.69, 9.17) is 11.6 Å². The minimum Gasteiger partial charge on any atom is -0.272 e. The third kappa shape index (κ3) is 3.80. The monoisotopic (exact) mass is 263 g/mol. The van der Waals surface area contributed by atoms with E-state index in [1.54, 1.807) is 12.1 Å². The maximum absolute atomic E-state index is 11.2. The molecule has 1 rings (SSSR count). The zero-order valence-corrected chi connectivity index (χ0v) is 10.2. The Kier molecular flexibility index (Phi) is 3.90. The van der Waals surface area contributed by atoms with Gasteiger partial charge in [0.1, 0.15) is 0 Å². The van der Waals surface area contributed by atoms with Gasteiger partial charge in [-0.25, -0.2) is 0 Å². The Morgan fingerprint density at radius 2 is 2.06 bits per heavy atom. The SMILES string of the molecule is CC(=O)N(OS(C)(=O)=O)c1cccc(Cl)c1. The lowest BCUT2D eigenvalue weighted by Crippen LogP contribution is -2.31. The van der Waals surface area contributed by atoms with Crippen molar-refractivity contribution in [1.29, 1.82) is 0 Å². The van der Waals surface area contributed by atoms with Crippen LogP contribution in [-0.4, -0.2) is 20.6 Å². The van der Waals surface area contributed by atoms with Crippen LogP contribution in [0.1, 0.15) is 6.92 Å². The first-order valence-corrected chi connectivity index (χ1v) is 6.45. The predicted molar refractivity (Wildman–Crippen MR) is 60.5 cm³/mol. The summed E-state index contributed by atoms with van der Waals surface area (Å²) in [6.07, 6.45) is 0.855. The van der Waals surface area contributed by atoms with E-state index in [0.29, 0.717) is 10.1 Å². The zero-order chi connectivity index (χ0) is 12.3. The number of carbonyl (C=O) groups excluding carboxylic acids is 1. The van der Waals surface area contributed by atoms with Gasteiger partial charge in [-0.05, 0) is 18.2 Å². The molecule has 0 heterocycles. The van der Waals surface area contributed by atoms with Crippen molar-refractivity contribution in [2.24, 2.45) is 0 Å². The van der Waals surface area contributed by atoms with Crippen LogP contribution in [0.2, 0.25) is 5.02 Å². The van der Waals surface area contributed by atoms with E-state index in [-0.39, 0.29) is 5.69 Å². The molecule has 1 aromatic carbocycles. The van der Waals surface area contributed by atoms with E-state index >= 15 is 0 Å². The third-order valence-corrected chi connectivity index (χ3v) is 2.19. The van der Waals surface area contributed by atoms with Gasteiger partial charge in [0.2, 0.25) is 5.91 Å². The molecule has 0 aliphatic heterocycles. The first kappa shape index (κ1) is 13.0. The van der Waals surface area contributed by atoms with Gasteiger partial charge in [-0.1, -0.05) is 17.7 Å². The molecule has 0 aliphatic rings. The summed E-state index contributed by atoms with van der Waals surface area (Å²) >= 11 is 5.72. The number of hydroxylamine groups is 1. The molecule has 5 nitrogen and oxygen atoms in total. The van der Waals surface area contributed by atoms with Crippen molar-refractivity contribution in [1.82, 2.24) is 0 Å². The lowest BCUT2D eigenvalue weighted by atomic mass is 10.3. The van der Waals surface area contributed by atoms with E-state index in [2.05, 4.69) is 4.28 Å². The first-order valence-electron chi connectivity index (χ1n) is 4.25. The summed E-state index contributed by atoms with van der Waals surface area (Å²) in [6.45, 7) is 1.19. The molecule has 16 heavy (non-hydrogen) atoms. The maximum Gasteiger partial charge on any atom is 0.285 e. The van der Waals surface area contributed by atoms with E-state index < -0.39 is 16.0 Å². The number of rotatable bonds is 3. The molecule has 1 amide bonds. The van der Waals surface area contributed by atoms with Crippen LogP contribution in [-0.2, 0) is 19.2 Å². The summed E-state index contributed by atoms with van der Waals surface area (Å²) in [5.74, 6) is -0.562. The van der Waals surface area contributed by atoms with E-state index in [1.165, 1.54) is 19.1 Å². The second kappa shape index (κ2) is 4.82. The van der Waals surface area contributed by atoms with Gasteiger partial charge in [0.05, 0.1) is 11.9 Å². The summed E-state index contributed by atoms with van der Waals surface area (Å²) < 4.78 is 26.4. The Morgan fingerprint density at radius 1 is 1.44 bits per heavy atom. The number of halogens is 1. The molecule has 0 unspecified atom stereocenters. The van der Waals surface area contributed by atoms with Crippen LogP contribution in [0.25, 0.3) is 0 Å². The number of carbonyl (C=O) groups is 1. The van der Waals surface area contributed by atoms with Crippen LogP contribution in [0.3, 0.4) is 0 Å². The smallest absolute Gasteiger partial charge is 0.272 e. The minimum absolute atomic E-state index is 0.255. The quantitative estimate of drug-likeness (QED) is 0.777. The highest BCUT2D eigenvalue weighted by molar-refractivity contribution is 7.86. The average Bonchev–Trinajstić information content (AvgIpc) is 2.12. The predicted octanol–water partition coefficient (Wildman–Crippen LogP) is 1.58. The van der Waals surface area contributed by atoms with Gasteiger partial charge < -0.3 is 0 Å². The number of amides is 1. The number of benzene rings is 1. The Morgan fingerprint density at radius 3 is 2.50 bits per heavy atom. The third-order valence-electron chi connectivity index (χ3n) is 1.54. The Labute approximate surface area is 98.7 Å². The molecular formula is C9H10ClNO4S. The first-order chi connectivity index (χ1) is 7.29. The number of hydrogen-bond donors (Lipinski definition) is 0. The molecule has 0 saturated carbocycles. The van der Waals surface area contributed by atoms with Crippen molar-refractivity contribution in [2.75, 3.05) is 11.3 Å². The van der Waals surface area contributed by atoms with Gasteiger partial charge in [0.15, 0.2) is 0 Å². The van der Waals surface area contributed by atoms with Gasteiger partial charge in [-0.15, -0.1) is 4.28 Å². The number of hydrogen-bond acceptors (Lipinski definition) is 4. The number of anilines is 1. The fraction of sp³-hybridized carbons (Fsp3) is 0.222. The van der Waals surface area contributed by atoms with Crippen molar-refractivity contribution in [3.8, 4) is 0 Å². The van der Waals surface area contributed by atoms with Crippen LogP contribution in [0.4, 0.5) is 5.69 Å². The molecule has 0 fully saturated rings. The molecule has 0 N–H and O–H groups in total. The highest BCUT2D eigenvalue weighted by atomic mass is 35.5. The normalized spacial score (nSPS) is 11.2. The van der Waals surface area contributed by atoms with E-state index in [9.17, 15) is 13.2 Å². The highest BCUT2D eigenvalue weighted by Gasteiger charge is 2.18.